The third-order valence-electron chi connectivity index (χ3n) is 4.69. The van der Waals surface area contributed by atoms with Crippen LogP contribution in [0, 0.1) is 11.7 Å². The number of oxazole rings is 1. The molecule has 0 aliphatic carbocycles. The summed E-state index contributed by atoms with van der Waals surface area (Å²) in [4.78, 5) is 18.9. The normalized spacial score (nSPS) is 26.0. The first kappa shape index (κ1) is 16.0. The van der Waals surface area contributed by atoms with Gasteiger partial charge in [0.1, 0.15) is 11.3 Å². The van der Waals surface area contributed by atoms with Crippen molar-refractivity contribution in [3.8, 4) is 0 Å². The maximum absolute atomic E-state index is 13.7. The molecule has 1 aromatic carbocycles. The molecule has 3 aliphatic rings. The average Bonchev–Trinajstić information content (AvgIpc) is 2.87. The number of nitrogens with two attached hydrogens (primary N) is 1. The minimum Gasteiger partial charge on any atom is -0.424 e. The van der Waals surface area contributed by atoms with Gasteiger partial charge in [-0.2, -0.15) is 4.98 Å². The van der Waals surface area contributed by atoms with Crippen LogP contribution in [0.25, 0.3) is 11.1 Å². The fourth-order valence-corrected chi connectivity index (χ4v) is 3.56. The molecule has 124 valence electrons. The summed E-state index contributed by atoms with van der Waals surface area (Å²) >= 11 is 0. The van der Waals surface area contributed by atoms with Gasteiger partial charge in [0.05, 0.1) is 5.56 Å². The van der Waals surface area contributed by atoms with Crippen molar-refractivity contribution in [1.29, 1.82) is 0 Å². The topological polar surface area (TPSA) is 84.4 Å². The van der Waals surface area contributed by atoms with Gasteiger partial charge < -0.3 is 20.4 Å². The number of fused-ring (bicyclic) bond motifs is 4. The molecule has 0 spiro atoms. The van der Waals surface area contributed by atoms with Crippen LogP contribution in [0.15, 0.2) is 16.5 Å². The van der Waals surface area contributed by atoms with Crippen molar-refractivity contribution in [3.63, 3.8) is 0 Å². The number of nitrogens with one attached hydrogen (secondary N) is 1. The van der Waals surface area contributed by atoms with E-state index in [1.165, 1.54) is 12.1 Å². The van der Waals surface area contributed by atoms with Crippen LogP contribution in [0.5, 0.6) is 0 Å². The highest BCUT2D eigenvalue weighted by molar-refractivity contribution is 6.04. The van der Waals surface area contributed by atoms with Gasteiger partial charge in [0.2, 0.25) is 0 Å². The molecule has 1 amide bonds. The van der Waals surface area contributed by atoms with E-state index in [2.05, 4.69) is 15.2 Å². The van der Waals surface area contributed by atoms with E-state index in [0.717, 1.165) is 32.5 Å². The Morgan fingerprint density at radius 3 is 2.78 bits per heavy atom. The van der Waals surface area contributed by atoms with Gasteiger partial charge in [-0.1, -0.05) is 0 Å². The minimum atomic E-state index is -0.539. The number of hydrogen-bond acceptors (Lipinski definition) is 5. The van der Waals surface area contributed by atoms with Crippen LogP contribution in [0.2, 0.25) is 0 Å². The number of carbonyl (C=O) groups is 1. The highest BCUT2D eigenvalue weighted by Crippen LogP contribution is 2.28. The zero-order valence-electron chi connectivity index (χ0n) is 12.4. The van der Waals surface area contributed by atoms with Crippen LogP contribution in [-0.2, 0) is 0 Å². The summed E-state index contributed by atoms with van der Waals surface area (Å²) in [5, 5.41) is 3.03. The zero-order valence-corrected chi connectivity index (χ0v) is 13.2. The zero-order chi connectivity index (χ0) is 15.3. The number of rotatable bonds is 2. The number of nitrogen functional groups attached to an aromatic ring is 1. The SMILES string of the molecule is Cl.Nc1nc2c(C(=O)N[C@@H]3CN4CCC3CC4)cc(F)cc2o1. The highest BCUT2D eigenvalue weighted by atomic mass is 35.5. The number of anilines is 1. The van der Waals surface area contributed by atoms with E-state index in [0.29, 0.717) is 11.4 Å². The second kappa shape index (κ2) is 5.98. The number of aromatic nitrogens is 1. The summed E-state index contributed by atoms with van der Waals surface area (Å²) in [5.41, 5.74) is 6.17. The Labute approximate surface area is 138 Å². The van der Waals surface area contributed by atoms with Crippen LogP contribution in [0.4, 0.5) is 10.4 Å². The van der Waals surface area contributed by atoms with Gasteiger partial charge >= 0.3 is 0 Å². The smallest absolute Gasteiger partial charge is 0.293 e. The lowest BCUT2D eigenvalue weighted by molar-refractivity contribution is 0.0621. The van der Waals surface area contributed by atoms with Crippen molar-refractivity contribution in [2.75, 3.05) is 25.4 Å². The Hall–Kier alpha value is -1.86. The molecule has 3 aliphatic heterocycles. The molecule has 0 radical (unpaired) electrons. The number of nitrogens with zero attached hydrogens (tertiary/aromatic N) is 2. The van der Waals surface area contributed by atoms with Gasteiger partial charge in [0.25, 0.3) is 11.9 Å². The Bertz CT molecular complexity index is 742. The van der Waals surface area contributed by atoms with E-state index < -0.39 is 5.82 Å². The maximum Gasteiger partial charge on any atom is 0.293 e. The third-order valence-corrected chi connectivity index (χ3v) is 4.69. The summed E-state index contributed by atoms with van der Waals surface area (Å²) in [5.74, 6) is -0.361. The number of amides is 1. The molecule has 5 rings (SSSR count). The average molecular weight is 341 g/mol. The molecular weight excluding hydrogens is 323 g/mol. The van der Waals surface area contributed by atoms with Gasteiger partial charge in [-0.25, -0.2) is 4.39 Å². The highest BCUT2D eigenvalue weighted by Gasteiger charge is 2.35. The number of hydrogen-bond donors (Lipinski definition) is 2. The molecule has 3 saturated heterocycles. The van der Waals surface area contributed by atoms with Crippen molar-refractivity contribution in [2.45, 2.75) is 18.9 Å². The van der Waals surface area contributed by atoms with E-state index in [1.54, 1.807) is 0 Å². The van der Waals surface area contributed by atoms with Crippen molar-refractivity contribution >= 4 is 35.4 Å². The van der Waals surface area contributed by atoms with Crippen molar-refractivity contribution in [1.82, 2.24) is 15.2 Å². The van der Waals surface area contributed by atoms with E-state index in [4.69, 9.17) is 10.2 Å². The molecule has 2 aromatic rings. The Morgan fingerprint density at radius 1 is 1.39 bits per heavy atom. The fraction of sp³-hybridized carbons (Fsp3) is 0.467. The quantitative estimate of drug-likeness (QED) is 0.870. The summed E-state index contributed by atoms with van der Waals surface area (Å²) in [7, 11) is 0. The van der Waals surface area contributed by atoms with Crippen LogP contribution in [-0.4, -0.2) is 41.5 Å². The molecule has 2 bridgehead atoms. The number of piperidine rings is 3. The lowest BCUT2D eigenvalue weighted by Crippen LogP contribution is -2.57. The first-order chi connectivity index (χ1) is 10.6. The van der Waals surface area contributed by atoms with E-state index >= 15 is 0 Å². The summed E-state index contributed by atoms with van der Waals surface area (Å²) < 4.78 is 18.8. The van der Waals surface area contributed by atoms with Crippen molar-refractivity contribution < 1.29 is 13.6 Å². The first-order valence-electron chi connectivity index (χ1n) is 7.49. The predicted octanol–water partition coefficient (Wildman–Crippen LogP) is 1.79. The fourth-order valence-electron chi connectivity index (χ4n) is 3.56. The van der Waals surface area contributed by atoms with Gasteiger partial charge in [-0.3, -0.25) is 4.79 Å². The molecule has 1 aromatic heterocycles. The molecule has 3 N–H and O–H groups in total. The Balaban J connectivity index is 0.00000156. The molecule has 0 saturated carbocycles. The summed E-state index contributed by atoms with van der Waals surface area (Å²) in [6.45, 7) is 3.05. The predicted molar refractivity (Wildman–Crippen MR) is 86.0 cm³/mol. The summed E-state index contributed by atoms with van der Waals surface area (Å²) in [6.07, 6.45) is 2.20. The second-order valence-corrected chi connectivity index (χ2v) is 6.07. The van der Waals surface area contributed by atoms with Gasteiger partial charge in [-0.05, 0) is 37.9 Å². The van der Waals surface area contributed by atoms with Crippen LogP contribution >= 0.6 is 12.4 Å². The lowest BCUT2D eigenvalue weighted by atomic mass is 9.84. The molecule has 3 fully saturated rings. The lowest BCUT2D eigenvalue weighted by Gasteiger charge is -2.44. The van der Waals surface area contributed by atoms with Gasteiger partial charge in [0.15, 0.2) is 5.58 Å². The molecular formula is C15H18ClFN4O2. The van der Waals surface area contributed by atoms with Crippen molar-refractivity contribution in [2.24, 2.45) is 5.92 Å². The molecule has 23 heavy (non-hydrogen) atoms. The van der Waals surface area contributed by atoms with Crippen LogP contribution in [0.1, 0.15) is 23.2 Å². The number of carbonyl (C=O) groups excluding carboxylic acids is 1. The van der Waals surface area contributed by atoms with E-state index in [1.807, 2.05) is 0 Å². The van der Waals surface area contributed by atoms with Crippen LogP contribution in [0.3, 0.4) is 0 Å². The molecule has 0 unspecified atom stereocenters. The largest absolute Gasteiger partial charge is 0.424 e. The maximum atomic E-state index is 13.7. The molecule has 4 heterocycles. The Kier molecular flexibility index (Phi) is 4.16. The third kappa shape index (κ3) is 2.86. The molecule has 6 nitrogen and oxygen atoms in total. The van der Waals surface area contributed by atoms with Crippen molar-refractivity contribution in [3.05, 3.63) is 23.5 Å². The summed E-state index contributed by atoms with van der Waals surface area (Å²) in [6, 6.07) is 2.40. The number of halogens is 2. The Morgan fingerprint density at radius 2 is 2.13 bits per heavy atom. The minimum absolute atomic E-state index is 0. The standard InChI is InChI=1S/C15H17FN4O2.ClH/c16-9-5-10(13-12(6-9)22-15(17)19-13)14(21)18-11-7-20-3-1-8(11)2-4-20;/h5-6,8,11H,1-4,7H2,(H2,17,19)(H,18,21);1H/t11-;/m1./s1. The monoisotopic (exact) mass is 340 g/mol. The second-order valence-electron chi connectivity index (χ2n) is 6.07. The molecule has 1 atom stereocenters. The van der Waals surface area contributed by atoms with E-state index in [-0.39, 0.29) is 41.5 Å². The van der Waals surface area contributed by atoms with Gasteiger partial charge in [0, 0.05) is 18.7 Å². The molecule has 8 heteroatoms. The van der Waals surface area contributed by atoms with Gasteiger partial charge in [-0.15, -0.1) is 12.4 Å². The number of benzene rings is 1. The van der Waals surface area contributed by atoms with E-state index in [9.17, 15) is 9.18 Å². The first-order valence-corrected chi connectivity index (χ1v) is 7.49. The van der Waals surface area contributed by atoms with Crippen LogP contribution < -0.4 is 11.1 Å².